The van der Waals surface area contributed by atoms with Crippen LogP contribution in [0.15, 0.2) is 18.2 Å². The predicted molar refractivity (Wildman–Crippen MR) is 72.2 cm³/mol. The second-order valence-corrected chi connectivity index (χ2v) is 4.38. The number of hydrogen-bond donors (Lipinski definition) is 2. The van der Waals surface area contributed by atoms with Crippen LogP contribution in [0.2, 0.25) is 0 Å². The Morgan fingerprint density at radius 3 is 2.84 bits per heavy atom. The minimum absolute atomic E-state index is 0.174. The first-order valence-corrected chi connectivity index (χ1v) is 6.26. The minimum atomic E-state index is -0.558. The summed E-state index contributed by atoms with van der Waals surface area (Å²) in [6, 6.07) is 4.12. The van der Waals surface area contributed by atoms with E-state index in [0.717, 1.165) is 12.5 Å². The molecule has 0 saturated heterocycles. The number of halogens is 1. The van der Waals surface area contributed by atoms with Crippen molar-refractivity contribution in [2.45, 2.75) is 20.3 Å². The smallest absolute Gasteiger partial charge is 0.251 e. The topological polar surface area (TPSA) is 49.3 Å². The van der Waals surface area contributed by atoms with Gasteiger partial charge in [0.1, 0.15) is 12.4 Å². The lowest BCUT2D eigenvalue weighted by Crippen LogP contribution is -2.28. The van der Waals surface area contributed by atoms with Gasteiger partial charge >= 0.3 is 0 Å². The van der Waals surface area contributed by atoms with Crippen LogP contribution in [0.3, 0.4) is 0 Å². The van der Waals surface area contributed by atoms with Gasteiger partial charge in [-0.15, -0.1) is 0 Å². The molecule has 0 saturated carbocycles. The summed E-state index contributed by atoms with van der Waals surface area (Å²) in [5.74, 6) is 4.39. The van der Waals surface area contributed by atoms with E-state index in [1.807, 2.05) is 13.8 Å². The van der Waals surface area contributed by atoms with Gasteiger partial charge in [-0.05, 0) is 24.1 Å². The van der Waals surface area contributed by atoms with Gasteiger partial charge in [-0.25, -0.2) is 4.39 Å². The Labute approximate surface area is 112 Å². The molecule has 1 aromatic rings. The highest BCUT2D eigenvalue weighted by molar-refractivity contribution is 5.94. The van der Waals surface area contributed by atoms with E-state index in [1.54, 1.807) is 0 Å². The van der Waals surface area contributed by atoms with Crippen LogP contribution >= 0.6 is 0 Å². The van der Waals surface area contributed by atoms with Crippen molar-refractivity contribution in [1.29, 1.82) is 0 Å². The summed E-state index contributed by atoms with van der Waals surface area (Å²) >= 11 is 0. The molecule has 0 aliphatic rings. The number of aliphatic hydroxyl groups excluding tert-OH is 1. The number of nitrogens with one attached hydrogen (secondary N) is 1. The number of carbonyl (C=O) groups excluding carboxylic acids is 1. The normalized spacial score (nSPS) is 11.4. The van der Waals surface area contributed by atoms with Crippen LogP contribution in [0.4, 0.5) is 4.39 Å². The Morgan fingerprint density at radius 2 is 2.26 bits per heavy atom. The Hall–Kier alpha value is -1.86. The zero-order chi connectivity index (χ0) is 14.3. The van der Waals surface area contributed by atoms with Crippen LogP contribution in [0.25, 0.3) is 0 Å². The zero-order valence-electron chi connectivity index (χ0n) is 11.2. The first-order chi connectivity index (χ1) is 9.08. The van der Waals surface area contributed by atoms with Crippen molar-refractivity contribution >= 4 is 5.91 Å². The van der Waals surface area contributed by atoms with Crippen LogP contribution in [-0.2, 0) is 0 Å². The molecule has 1 aromatic carbocycles. The molecule has 1 atom stereocenters. The van der Waals surface area contributed by atoms with E-state index in [2.05, 4.69) is 17.2 Å². The van der Waals surface area contributed by atoms with Crippen LogP contribution in [0.1, 0.15) is 36.2 Å². The van der Waals surface area contributed by atoms with E-state index in [0.29, 0.717) is 12.5 Å². The molecule has 0 aliphatic heterocycles. The lowest BCUT2D eigenvalue weighted by atomic mass is 10.1. The van der Waals surface area contributed by atoms with Gasteiger partial charge in [0.15, 0.2) is 0 Å². The first-order valence-electron chi connectivity index (χ1n) is 6.26. The number of benzene rings is 1. The second kappa shape index (κ2) is 7.55. The monoisotopic (exact) mass is 263 g/mol. The molecular formula is C15H18FNO2. The van der Waals surface area contributed by atoms with Crippen LogP contribution < -0.4 is 5.32 Å². The minimum Gasteiger partial charge on any atom is -0.384 e. The molecular weight excluding hydrogens is 245 g/mol. The maximum Gasteiger partial charge on any atom is 0.251 e. The standard InChI is InChI=1S/C15H18FNO2/c1-3-11(2)10-17-15(19)13-7-6-12(5-4-8-18)14(16)9-13/h6-7,9,11,18H,3,8,10H2,1-2H3,(H,17,19). The third-order valence-corrected chi connectivity index (χ3v) is 2.84. The van der Waals surface area contributed by atoms with Crippen molar-refractivity contribution in [3.63, 3.8) is 0 Å². The Kier molecular flexibility index (Phi) is 6.04. The summed E-state index contributed by atoms with van der Waals surface area (Å²) in [5, 5.41) is 11.3. The van der Waals surface area contributed by atoms with Crippen molar-refractivity contribution in [1.82, 2.24) is 5.32 Å². The quantitative estimate of drug-likeness (QED) is 0.816. The van der Waals surface area contributed by atoms with Crippen molar-refractivity contribution < 1.29 is 14.3 Å². The largest absolute Gasteiger partial charge is 0.384 e. The lowest BCUT2D eigenvalue weighted by molar-refractivity contribution is 0.0947. The molecule has 19 heavy (non-hydrogen) atoms. The summed E-state index contributed by atoms with van der Waals surface area (Å²) in [4.78, 5) is 11.8. The summed E-state index contributed by atoms with van der Waals surface area (Å²) in [5.41, 5.74) is 0.447. The Balaban J connectivity index is 2.74. The van der Waals surface area contributed by atoms with E-state index in [9.17, 15) is 9.18 Å². The lowest BCUT2D eigenvalue weighted by Gasteiger charge is -2.10. The predicted octanol–water partition coefficient (Wildman–Crippen LogP) is 1.95. The second-order valence-electron chi connectivity index (χ2n) is 4.38. The molecule has 0 heterocycles. The summed E-state index contributed by atoms with van der Waals surface area (Å²) in [7, 11) is 0. The van der Waals surface area contributed by atoms with E-state index in [1.165, 1.54) is 12.1 Å². The number of aliphatic hydroxyl groups is 1. The molecule has 2 N–H and O–H groups in total. The third kappa shape index (κ3) is 4.72. The average molecular weight is 263 g/mol. The molecule has 0 fully saturated rings. The fraction of sp³-hybridized carbons (Fsp3) is 0.400. The van der Waals surface area contributed by atoms with Crippen LogP contribution in [0, 0.1) is 23.6 Å². The summed E-state index contributed by atoms with van der Waals surface area (Å²) in [6.45, 7) is 4.33. The first kappa shape index (κ1) is 15.2. The molecule has 1 rings (SSSR count). The van der Waals surface area contributed by atoms with E-state index in [4.69, 9.17) is 5.11 Å². The molecule has 0 spiro atoms. The average Bonchev–Trinajstić information content (AvgIpc) is 2.42. The van der Waals surface area contributed by atoms with Gasteiger partial charge in [-0.1, -0.05) is 32.1 Å². The van der Waals surface area contributed by atoms with Crippen LogP contribution in [0.5, 0.6) is 0 Å². The molecule has 102 valence electrons. The highest BCUT2D eigenvalue weighted by Crippen LogP contribution is 2.10. The van der Waals surface area contributed by atoms with Gasteiger partial charge < -0.3 is 10.4 Å². The number of hydrogen-bond acceptors (Lipinski definition) is 2. The van der Waals surface area contributed by atoms with E-state index < -0.39 is 5.82 Å². The number of carbonyl (C=O) groups is 1. The molecule has 0 radical (unpaired) electrons. The maximum atomic E-state index is 13.6. The zero-order valence-corrected chi connectivity index (χ0v) is 11.2. The molecule has 0 aliphatic carbocycles. The van der Waals surface area contributed by atoms with Gasteiger partial charge in [-0.3, -0.25) is 4.79 Å². The number of rotatable bonds is 4. The van der Waals surface area contributed by atoms with Gasteiger partial charge in [0, 0.05) is 12.1 Å². The highest BCUT2D eigenvalue weighted by atomic mass is 19.1. The molecule has 3 nitrogen and oxygen atoms in total. The third-order valence-electron chi connectivity index (χ3n) is 2.84. The van der Waals surface area contributed by atoms with Crippen molar-refractivity contribution in [2.24, 2.45) is 5.92 Å². The molecule has 1 amide bonds. The van der Waals surface area contributed by atoms with Crippen molar-refractivity contribution in [2.75, 3.05) is 13.2 Å². The van der Waals surface area contributed by atoms with Gasteiger partial charge in [0.2, 0.25) is 0 Å². The Morgan fingerprint density at radius 1 is 1.53 bits per heavy atom. The van der Waals surface area contributed by atoms with Gasteiger partial charge in [-0.2, -0.15) is 0 Å². The SMILES string of the molecule is CCC(C)CNC(=O)c1ccc(C#CCO)c(F)c1. The van der Waals surface area contributed by atoms with E-state index >= 15 is 0 Å². The summed E-state index contributed by atoms with van der Waals surface area (Å²) in [6.07, 6.45) is 0.977. The highest BCUT2D eigenvalue weighted by Gasteiger charge is 2.09. The van der Waals surface area contributed by atoms with Crippen molar-refractivity contribution in [3.8, 4) is 11.8 Å². The van der Waals surface area contributed by atoms with Crippen molar-refractivity contribution in [3.05, 3.63) is 35.1 Å². The van der Waals surface area contributed by atoms with Crippen LogP contribution in [-0.4, -0.2) is 24.2 Å². The van der Waals surface area contributed by atoms with Gasteiger partial charge in [0.05, 0.1) is 5.56 Å². The maximum absolute atomic E-state index is 13.6. The van der Waals surface area contributed by atoms with Gasteiger partial charge in [0.25, 0.3) is 5.91 Å². The molecule has 1 unspecified atom stereocenters. The number of amides is 1. The fourth-order valence-electron chi connectivity index (χ4n) is 1.41. The van der Waals surface area contributed by atoms with E-state index in [-0.39, 0.29) is 23.6 Å². The molecule has 0 bridgehead atoms. The summed E-state index contributed by atoms with van der Waals surface area (Å²) < 4.78 is 13.6. The fourth-order valence-corrected chi connectivity index (χ4v) is 1.41. The Bertz CT molecular complexity index is 503. The molecule has 0 aromatic heterocycles. The molecule has 4 heteroatoms.